The number of carbonyl (C=O) groups is 11. The van der Waals surface area contributed by atoms with E-state index in [0.29, 0.717) is 93.7 Å². The number of hydrazine groups is 1. The molecule has 16 atom stereocenters. The molecule has 0 aromatic heterocycles. The number of nitrogens with two attached hydrogens (primary N) is 2. The molecular formula is C79H133N17O17S. The number of nitrogens with one attached hydrogen (secondary N) is 9. The molecule has 34 nitrogen and oxygen atoms in total. The van der Waals surface area contributed by atoms with Crippen LogP contribution < -0.4 is 59.5 Å². The number of amides is 11. The molecular weight excluding hydrogens is 1490 g/mol. The van der Waals surface area contributed by atoms with Crippen molar-refractivity contribution in [3.63, 3.8) is 0 Å². The van der Waals surface area contributed by atoms with Crippen molar-refractivity contribution >= 4 is 77.1 Å². The van der Waals surface area contributed by atoms with Crippen LogP contribution in [0.25, 0.3) is 0 Å². The minimum atomic E-state index is -1.29. The second kappa shape index (κ2) is 43.9. The second-order valence-corrected chi connectivity index (χ2v) is 35.6. The minimum absolute atomic E-state index is 0.00829. The number of unbranched alkanes of at least 4 members (excludes halogenated alkanes) is 2. The number of carbonyl (C=O) groups excluding carboxylic acids is 10. The van der Waals surface area contributed by atoms with E-state index in [-0.39, 0.29) is 131 Å². The first-order valence-corrected chi connectivity index (χ1v) is 43.7. The van der Waals surface area contributed by atoms with Crippen molar-refractivity contribution in [3.05, 3.63) is 12.2 Å². The van der Waals surface area contributed by atoms with Crippen LogP contribution in [0.4, 0.5) is 9.59 Å². The average molecular weight is 1630 g/mol. The zero-order valence-corrected chi connectivity index (χ0v) is 68.3. The van der Waals surface area contributed by atoms with E-state index in [1.807, 2.05) is 30.5 Å². The van der Waals surface area contributed by atoms with E-state index in [0.717, 1.165) is 121 Å². The molecule has 0 bridgehead atoms. The number of aliphatic hydroxyl groups excluding tert-OH is 3. The van der Waals surface area contributed by atoms with Gasteiger partial charge in [0.15, 0.2) is 0 Å². The van der Waals surface area contributed by atoms with Gasteiger partial charge in [0.2, 0.25) is 35.4 Å². The van der Waals surface area contributed by atoms with Crippen LogP contribution in [0.5, 0.6) is 0 Å². The fraction of sp³-hybridized carbons (Fsp3) is 0.835. The number of hydrogen-bond donors (Lipinski definition) is 15. The average Bonchev–Trinajstić information content (AvgIpc) is 0.873. The number of ether oxygens (including phenoxy) is 2. The number of piperazine rings is 2. The van der Waals surface area contributed by atoms with Crippen LogP contribution in [0.3, 0.4) is 0 Å². The maximum atomic E-state index is 14.6. The van der Waals surface area contributed by atoms with Gasteiger partial charge in [-0.3, -0.25) is 63.3 Å². The maximum absolute atomic E-state index is 14.6. The van der Waals surface area contributed by atoms with Gasteiger partial charge in [0.05, 0.1) is 44.0 Å². The highest BCUT2D eigenvalue weighted by molar-refractivity contribution is 8.00. The van der Waals surface area contributed by atoms with E-state index in [4.69, 9.17) is 20.9 Å². The Morgan fingerprint density at radius 1 is 0.719 bits per heavy atom. The lowest BCUT2D eigenvalue weighted by Gasteiger charge is -2.58. The Kier molecular flexibility index (Phi) is 34.6. The molecule has 9 fully saturated rings. The number of thioether (sulfide) groups is 1. The number of aliphatic hydroxyl groups is 3. The smallest absolute Gasteiger partial charge is 0.411 e. The number of urea groups is 1. The van der Waals surface area contributed by atoms with Gasteiger partial charge in [-0.2, -0.15) is 0 Å². The molecule has 7 heterocycles. The third-order valence-electron chi connectivity index (χ3n) is 26.0. The van der Waals surface area contributed by atoms with Crippen molar-refractivity contribution in [3.8, 4) is 0 Å². The van der Waals surface area contributed by atoms with Crippen molar-refractivity contribution < 1.29 is 82.6 Å². The van der Waals surface area contributed by atoms with Gasteiger partial charge in [-0.15, -0.1) is 11.8 Å². The van der Waals surface area contributed by atoms with Gasteiger partial charge in [0.25, 0.3) is 11.8 Å². The summed E-state index contributed by atoms with van der Waals surface area (Å²) >= 11 is 2.02. The first-order chi connectivity index (χ1) is 54.7. The van der Waals surface area contributed by atoms with E-state index in [9.17, 15) is 73.2 Å². The number of piperidine rings is 1. The summed E-state index contributed by atoms with van der Waals surface area (Å²) in [5.74, 6) is -3.77. The Hall–Kier alpha value is -6.38. The maximum Gasteiger partial charge on any atom is 0.411 e. The van der Waals surface area contributed by atoms with Gasteiger partial charge in [-0.05, 0) is 172 Å². The zero-order chi connectivity index (χ0) is 81.7. The van der Waals surface area contributed by atoms with Gasteiger partial charge >= 0.3 is 18.1 Å². The molecule has 35 heteroatoms. The lowest BCUT2D eigenvalue weighted by molar-refractivity contribution is -0.147. The third-order valence-corrected chi connectivity index (χ3v) is 27.5. The largest absolute Gasteiger partial charge is 0.481 e. The number of carboxylic acids is 1. The van der Waals surface area contributed by atoms with Crippen molar-refractivity contribution in [2.24, 2.45) is 52.9 Å². The summed E-state index contributed by atoms with van der Waals surface area (Å²) in [7, 11) is 0. The summed E-state index contributed by atoms with van der Waals surface area (Å²) in [5.41, 5.74) is 18.9. The van der Waals surface area contributed by atoms with Gasteiger partial charge in [0.1, 0.15) is 30.5 Å². The summed E-state index contributed by atoms with van der Waals surface area (Å²) in [6, 6.07) is -3.78. The fourth-order valence-corrected chi connectivity index (χ4v) is 20.9. The molecule has 9 unspecified atom stereocenters. The molecule has 0 aromatic rings. The van der Waals surface area contributed by atoms with Crippen LogP contribution in [-0.2, 0) is 52.6 Å². The Bertz CT molecular complexity index is 3240. The predicted molar refractivity (Wildman–Crippen MR) is 424 cm³/mol. The van der Waals surface area contributed by atoms with Gasteiger partial charge in [-0.1, -0.05) is 33.1 Å². The number of rotatable bonds is 38. The predicted octanol–water partition coefficient (Wildman–Crippen LogP) is 0.457. The van der Waals surface area contributed by atoms with Gasteiger partial charge < -0.3 is 93.3 Å². The van der Waals surface area contributed by atoms with Crippen molar-refractivity contribution in [1.29, 1.82) is 0 Å². The number of hydrogen-bond acceptors (Lipinski definition) is 24. The first kappa shape index (κ1) is 90.0. The minimum Gasteiger partial charge on any atom is -0.481 e. The molecule has 0 radical (unpaired) electrons. The summed E-state index contributed by atoms with van der Waals surface area (Å²) in [6.07, 6.45) is 12.7. The standard InChI is InChI=1S/C79H133N17O17S/c1-47(2)71(77(109)95-44-56(97)37-62(95)76(108)85-48(3)52-17-19-53(20-18-52)72-49(4)84-46-114-72)64(99)39-65(80)112-36-35-91-31-27-50(28-32-91)41-92-33-34-93-55(42-92)43-96(73-61(93)38-60(89-90-73)57-11-7-8-13-63(57)98)79(111)113-45-51-15-21-54(22-16-51)86-75(107)58(12-10-29-82-78(81)110)88-67(101)40-83-74(106)59(23-26-70(104)105)87-66(100)14-6-5-9-30-94-68(102)24-25-69(94)103/h24-25,47-65,71-73,84,89-90,97-99H,5-23,26-46,80H2,1-4H3,(H,83,106)(H,85,108)(H,86,107)(H,87,100)(H,88,101)(H,104,105)(H3,81,82,110)/t48-,49?,51?,52?,53?,54?,55+,56+,57?,58-,59-,60?,61?,62-,63?,64?,65?,71+,72?,73?/m0/s1. The van der Waals surface area contributed by atoms with E-state index >= 15 is 0 Å². The number of fused-ring (bicyclic) bond motifs is 3. The zero-order valence-electron chi connectivity index (χ0n) is 67.5. The number of aliphatic carboxylic acids is 1. The molecule has 114 heavy (non-hydrogen) atoms. The number of carboxylic acid groups (broad SMARTS) is 1. The molecule has 7 aliphatic heterocycles. The highest BCUT2D eigenvalue weighted by Gasteiger charge is 2.51. The monoisotopic (exact) mass is 1620 g/mol. The molecule has 6 saturated heterocycles. The van der Waals surface area contributed by atoms with Gasteiger partial charge in [-0.25, -0.2) is 15.0 Å². The number of imide groups is 1. The molecule has 0 aromatic carbocycles. The van der Waals surface area contributed by atoms with Crippen LogP contribution in [0, 0.1) is 41.4 Å². The number of likely N-dealkylation sites (tertiary alicyclic amines) is 2. The molecule has 17 N–H and O–H groups in total. The second-order valence-electron chi connectivity index (χ2n) is 34.5. The molecule has 10 rings (SSSR count). The van der Waals surface area contributed by atoms with Crippen LogP contribution in [0.2, 0.25) is 0 Å². The Labute approximate surface area is 675 Å². The molecule has 10 aliphatic rings. The van der Waals surface area contributed by atoms with E-state index in [2.05, 4.69) is 76.6 Å². The first-order valence-electron chi connectivity index (χ1n) is 42.6. The summed E-state index contributed by atoms with van der Waals surface area (Å²) in [4.78, 5) is 155. The molecule has 3 saturated carbocycles. The Morgan fingerprint density at radius 3 is 2.13 bits per heavy atom. The topological polar surface area (TPSA) is 467 Å². The van der Waals surface area contributed by atoms with Crippen LogP contribution in [-0.4, -0.2) is 303 Å². The van der Waals surface area contributed by atoms with Crippen LogP contribution in [0.15, 0.2) is 12.2 Å². The highest BCUT2D eigenvalue weighted by Crippen LogP contribution is 2.41. The third kappa shape index (κ3) is 25.8. The van der Waals surface area contributed by atoms with Crippen LogP contribution in [0.1, 0.15) is 188 Å². The van der Waals surface area contributed by atoms with E-state index in [1.54, 1.807) is 0 Å². The van der Waals surface area contributed by atoms with Crippen molar-refractivity contribution in [1.82, 2.24) is 77.5 Å². The fourth-order valence-electron chi connectivity index (χ4n) is 19.4. The molecule has 0 spiro atoms. The summed E-state index contributed by atoms with van der Waals surface area (Å²) in [5, 5.41) is 63.8. The van der Waals surface area contributed by atoms with Crippen molar-refractivity contribution in [2.75, 3.05) is 97.6 Å². The van der Waals surface area contributed by atoms with E-state index < -0.39 is 115 Å². The molecule has 3 aliphatic carbocycles. The lowest BCUT2D eigenvalue weighted by Crippen LogP contribution is -2.78. The number of primary amides is 1. The Balaban J connectivity index is 0.648. The molecule has 642 valence electrons. The van der Waals surface area contributed by atoms with Crippen LogP contribution >= 0.6 is 11.8 Å². The van der Waals surface area contributed by atoms with Crippen molar-refractivity contribution in [2.45, 2.75) is 279 Å². The number of nitrogens with zero attached hydrogens (tertiary/aromatic N) is 6. The summed E-state index contributed by atoms with van der Waals surface area (Å²) < 4.78 is 12.4. The SMILES string of the molecule is CC1NCSC1C1CCC([C@H](C)NC(=O)[C@@H]2C[C@@H](O)CN2C(=O)[C@H](C(C)C)C(O)CC(N)OCCN2CCC(CN3CCN4C5CC(C6CCCCC6O)NNC5N(C(=O)OCC5CCC(NC(=O)[C@H](CCCNC(N)=O)NC(=O)CNC(=O)[C@H](CCC(=O)O)NC(=O)CCCCCN6C(=O)C=CC6=O)CC5)C[C@H]4C3)CC2)CC1. The number of β-amino-alcohol motifs (C(OH)–C–C–N with tert-alkyl or cyclic N) is 1. The summed E-state index contributed by atoms with van der Waals surface area (Å²) in [6.45, 7) is 14.6. The lowest BCUT2D eigenvalue weighted by atomic mass is 9.76. The molecule has 11 amide bonds. The van der Waals surface area contributed by atoms with E-state index in [1.165, 1.54) is 17.1 Å². The highest BCUT2D eigenvalue weighted by atomic mass is 32.2. The normalized spacial score (nSPS) is 30.1. The Morgan fingerprint density at radius 2 is 1.44 bits per heavy atom. The quantitative estimate of drug-likeness (QED) is 0.0227. The van der Waals surface area contributed by atoms with Gasteiger partial charge in [0, 0.05) is 150 Å².